The maximum absolute atomic E-state index is 5.60. The van der Waals surface area contributed by atoms with Gasteiger partial charge >= 0.3 is 0 Å². The maximum atomic E-state index is 5.60. The fourth-order valence-corrected chi connectivity index (χ4v) is 0.703. The van der Waals surface area contributed by atoms with Crippen molar-refractivity contribution in [1.82, 2.24) is 0 Å². The van der Waals surface area contributed by atoms with E-state index in [-0.39, 0.29) is 6.04 Å². The molecule has 0 spiro atoms. The lowest BCUT2D eigenvalue weighted by molar-refractivity contribution is 0.884. The van der Waals surface area contributed by atoms with Gasteiger partial charge in [0.15, 0.2) is 0 Å². The minimum Gasteiger partial charge on any atom is -0.322 e. The van der Waals surface area contributed by atoms with Crippen molar-refractivity contribution in [2.75, 3.05) is 0 Å². The summed E-state index contributed by atoms with van der Waals surface area (Å²) < 4.78 is 0. The Morgan fingerprint density at radius 1 is 1.67 bits per heavy atom. The SMILES string of the molecule is C[C@H](N)C1=CC=[C+]C=C1. The second-order valence-electron chi connectivity index (χ2n) is 2.12. The highest BCUT2D eigenvalue weighted by molar-refractivity contribution is 5.32. The molecule has 0 saturated heterocycles. The number of hydrogen-bond donors (Lipinski definition) is 1. The zero-order valence-corrected chi connectivity index (χ0v) is 5.46. The van der Waals surface area contributed by atoms with Crippen molar-refractivity contribution in [3.8, 4) is 0 Å². The molecule has 0 heterocycles. The van der Waals surface area contributed by atoms with Crippen LogP contribution in [0.5, 0.6) is 0 Å². The zero-order valence-electron chi connectivity index (χ0n) is 5.46. The lowest BCUT2D eigenvalue weighted by Gasteiger charge is -1.98. The highest BCUT2D eigenvalue weighted by atomic mass is 14.6. The number of hydrogen-bond acceptors (Lipinski definition) is 1. The van der Waals surface area contributed by atoms with E-state index in [4.69, 9.17) is 5.73 Å². The Bertz CT molecular complexity index is 173. The summed E-state index contributed by atoms with van der Waals surface area (Å²) >= 11 is 0. The average Bonchev–Trinajstić information content (AvgIpc) is 1.90. The van der Waals surface area contributed by atoms with Crippen LogP contribution < -0.4 is 5.73 Å². The third kappa shape index (κ3) is 1.49. The monoisotopic (exact) mass is 120 g/mol. The predicted molar refractivity (Wildman–Crippen MR) is 38.7 cm³/mol. The van der Waals surface area contributed by atoms with Crippen molar-refractivity contribution >= 4 is 0 Å². The summed E-state index contributed by atoms with van der Waals surface area (Å²) in [5.74, 6) is 0. The highest BCUT2D eigenvalue weighted by Crippen LogP contribution is 2.05. The molecule has 1 heteroatoms. The van der Waals surface area contributed by atoms with E-state index >= 15 is 0 Å². The molecule has 9 heavy (non-hydrogen) atoms. The first-order valence-electron chi connectivity index (χ1n) is 3.02. The molecular formula is C8H10N+. The van der Waals surface area contributed by atoms with Crippen molar-refractivity contribution in [1.29, 1.82) is 0 Å². The van der Waals surface area contributed by atoms with Crippen LogP contribution in [-0.4, -0.2) is 6.04 Å². The fraction of sp³-hybridized carbons (Fsp3) is 0.250. The van der Waals surface area contributed by atoms with E-state index in [9.17, 15) is 0 Å². The van der Waals surface area contributed by atoms with Crippen molar-refractivity contribution in [3.05, 3.63) is 36.0 Å². The van der Waals surface area contributed by atoms with Gasteiger partial charge in [-0.25, -0.2) is 0 Å². The zero-order chi connectivity index (χ0) is 6.69. The lowest BCUT2D eigenvalue weighted by Crippen LogP contribution is -2.16. The number of nitrogens with two attached hydrogens (primary N) is 1. The van der Waals surface area contributed by atoms with Gasteiger partial charge in [0.2, 0.25) is 0 Å². The molecule has 0 aromatic heterocycles. The topological polar surface area (TPSA) is 26.0 Å². The van der Waals surface area contributed by atoms with Crippen LogP contribution >= 0.6 is 0 Å². The molecule has 0 aromatic carbocycles. The number of rotatable bonds is 1. The first-order chi connectivity index (χ1) is 4.30. The minimum atomic E-state index is 0.139. The van der Waals surface area contributed by atoms with Gasteiger partial charge in [-0.15, -0.1) is 0 Å². The molecule has 0 bridgehead atoms. The van der Waals surface area contributed by atoms with E-state index in [2.05, 4.69) is 6.08 Å². The van der Waals surface area contributed by atoms with E-state index in [0.717, 1.165) is 5.57 Å². The van der Waals surface area contributed by atoms with Crippen LogP contribution in [0.15, 0.2) is 29.9 Å². The second-order valence-corrected chi connectivity index (χ2v) is 2.12. The van der Waals surface area contributed by atoms with Crippen LogP contribution in [0, 0.1) is 6.08 Å². The summed E-state index contributed by atoms with van der Waals surface area (Å²) in [5, 5.41) is 0. The normalized spacial score (nSPS) is 18.7. The van der Waals surface area contributed by atoms with Gasteiger partial charge in [-0.05, 0) is 6.92 Å². The Kier molecular flexibility index (Phi) is 1.78. The van der Waals surface area contributed by atoms with Crippen molar-refractivity contribution < 1.29 is 0 Å². The first kappa shape index (κ1) is 6.21. The predicted octanol–water partition coefficient (Wildman–Crippen LogP) is 1.19. The number of allylic oxidation sites excluding steroid dienone is 4. The molecule has 1 aliphatic carbocycles. The fourth-order valence-electron chi connectivity index (χ4n) is 0.703. The maximum Gasteiger partial charge on any atom is 0.103 e. The van der Waals surface area contributed by atoms with Crippen LogP contribution in [0.25, 0.3) is 0 Å². The molecule has 0 radical (unpaired) electrons. The van der Waals surface area contributed by atoms with Gasteiger partial charge in [0.1, 0.15) is 12.2 Å². The minimum absolute atomic E-state index is 0.139. The Morgan fingerprint density at radius 3 is 2.78 bits per heavy atom. The highest BCUT2D eigenvalue weighted by Gasteiger charge is 2.05. The Labute approximate surface area is 55.6 Å². The van der Waals surface area contributed by atoms with E-state index in [0.29, 0.717) is 0 Å². The van der Waals surface area contributed by atoms with Gasteiger partial charge in [-0.3, -0.25) is 0 Å². The molecular weight excluding hydrogens is 110 g/mol. The molecule has 1 atom stereocenters. The Hall–Kier alpha value is -0.910. The van der Waals surface area contributed by atoms with Crippen LogP contribution in [0.2, 0.25) is 0 Å². The van der Waals surface area contributed by atoms with Crippen LogP contribution in [0.4, 0.5) is 0 Å². The molecule has 0 saturated carbocycles. The smallest absolute Gasteiger partial charge is 0.103 e. The molecule has 0 aromatic rings. The summed E-state index contributed by atoms with van der Waals surface area (Å²) in [6.07, 6.45) is 10.6. The summed E-state index contributed by atoms with van der Waals surface area (Å²) in [6.45, 7) is 1.97. The van der Waals surface area contributed by atoms with Crippen LogP contribution in [-0.2, 0) is 0 Å². The van der Waals surface area contributed by atoms with Crippen molar-refractivity contribution in [2.24, 2.45) is 5.73 Å². The largest absolute Gasteiger partial charge is 0.322 e. The summed E-state index contributed by atoms with van der Waals surface area (Å²) in [5.41, 5.74) is 6.76. The van der Waals surface area contributed by atoms with Crippen LogP contribution in [0.3, 0.4) is 0 Å². The van der Waals surface area contributed by atoms with Crippen molar-refractivity contribution in [3.63, 3.8) is 0 Å². The molecule has 1 nitrogen and oxygen atoms in total. The van der Waals surface area contributed by atoms with E-state index in [1.54, 1.807) is 0 Å². The van der Waals surface area contributed by atoms with Crippen LogP contribution in [0.1, 0.15) is 6.92 Å². The van der Waals surface area contributed by atoms with Gasteiger partial charge in [-0.2, -0.15) is 0 Å². The summed E-state index contributed by atoms with van der Waals surface area (Å²) in [4.78, 5) is 0. The molecule has 46 valence electrons. The van der Waals surface area contributed by atoms with Gasteiger partial charge in [0.25, 0.3) is 0 Å². The quantitative estimate of drug-likeness (QED) is 0.517. The van der Waals surface area contributed by atoms with Gasteiger partial charge in [-0.1, -0.05) is 0 Å². The van der Waals surface area contributed by atoms with E-state index in [1.807, 2.05) is 31.2 Å². The van der Waals surface area contributed by atoms with Crippen molar-refractivity contribution in [2.45, 2.75) is 13.0 Å². The third-order valence-corrected chi connectivity index (χ3v) is 1.27. The molecule has 0 unspecified atom stereocenters. The molecule has 1 aliphatic rings. The molecule has 2 N–H and O–H groups in total. The standard InChI is InChI=1S/C8H10N/c1-7(9)8-5-3-2-4-6-8/h3-7H,9H2,1H3/q+1/t7-/m0/s1. The Balaban J connectivity index is 2.72. The van der Waals surface area contributed by atoms with E-state index in [1.165, 1.54) is 0 Å². The van der Waals surface area contributed by atoms with Gasteiger partial charge in [0.05, 0.1) is 23.8 Å². The molecule has 0 aliphatic heterocycles. The average molecular weight is 120 g/mol. The molecule has 1 rings (SSSR count). The second kappa shape index (κ2) is 2.58. The van der Waals surface area contributed by atoms with Gasteiger partial charge < -0.3 is 5.73 Å². The first-order valence-corrected chi connectivity index (χ1v) is 3.02. The third-order valence-electron chi connectivity index (χ3n) is 1.27. The molecule has 0 amide bonds. The van der Waals surface area contributed by atoms with Gasteiger partial charge in [0, 0.05) is 6.08 Å². The lowest BCUT2D eigenvalue weighted by atomic mass is 10.1. The molecule has 0 fully saturated rings. The summed E-state index contributed by atoms with van der Waals surface area (Å²) in [7, 11) is 0. The summed E-state index contributed by atoms with van der Waals surface area (Å²) in [6, 6.07) is 0.139. The van der Waals surface area contributed by atoms with E-state index < -0.39 is 0 Å². The Morgan fingerprint density at radius 2 is 2.44 bits per heavy atom.